The Labute approximate surface area is 183 Å². The number of ether oxygens (including phenoxy) is 1. The van der Waals surface area contributed by atoms with E-state index in [9.17, 15) is 13.8 Å². The maximum absolute atomic E-state index is 11.6. The van der Waals surface area contributed by atoms with Gasteiger partial charge in [-0.3, -0.25) is 13.8 Å². The van der Waals surface area contributed by atoms with Crippen LogP contribution in [0.3, 0.4) is 0 Å². The summed E-state index contributed by atoms with van der Waals surface area (Å²) in [5.41, 5.74) is 8.91. The van der Waals surface area contributed by atoms with E-state index < -0.39 is 22.7 Å². The van der Waals surface area contributed by atoms with Crippen molar-refractivity contribution in [2.75, 3.05) is 12.9 Å². The minimum atomic E-state index is -1.30. The summed E-state index contributed by atoms with van der Waals surface area (Å²) >= 11 is 6.09. The van der Waals surface area contributed by atoms with Crippen LogP contribution in [0.1, 0.15) is 28.5 Å². The number of primary amides is 1. The van der Waals surface area contributed by atoms with Gasteiger partial charge >= 0.3 is 5.97 Å². The van der Waals surface area contributed by atoms with Crippen molar-refractivity contribution >= 4 is 45.2 Å². The predicted molar refractivity (Wildman–Crippen MR) is 120 cm³/mol. The number of amides is 1. The summed E-state index contributed by atoms with van der Waals surface area (Å²) < 4.78 is 17.8. The molecule has 1 heterocycles. The molecule has 3 aromatic rings. The van der Waals surface area contributed by atoms with Crippen LogP contribution in [0.2, 0.25) is 5.02 Å². The second-order valence-corrected chi connectivity index (χ2v) is 8.55. The quantitative estimate of drug-likeness (QED) is 0.601. The summed E-state index contributed by atoms with van der Waals surface area (Å²) in [6, 6.07) is 13.0. The SMILES string of the molecule is CCc1ccc(S(=O)CC(=O)OC)cc1.Cc1cc(Cl)c2cc(C(N)=O)n(C)c2c1. The van der Waals surface area contributed by atoms with Crippen molar-refractivity contribution in [2.24, 2.45) is 12.8 Å². The molecule has 2 N–H and O–H groups in total. The molecule has 1 atom stereocenters. The van der Waals surface area contributed by atoms with Crippen LogP contribution in [0, 0.1) is 6.92 Å². The van der Waals surface area contributed by atoms with E-state index in [4.69, 9.17) is 17.3 Å². The minimum absolute atomic E-state index is 0.0814. The van der Waals surface area contributed by atoms with Crippen molar-refractivity contribution in [2.45, 2.75) is 25.2 Å². The monoisotopic (exact) mass is 448 g/mol. The van der Waals surface area contributed by atoms with E-state index in [1.165, 1.54) is 12.7 Å². The van der Waals surface area contributed by atoms with Crippen molar-refractivity contribution < 1.29 is 18.5 Å². The van der Waals surface area contributed by atoms with Crippen LogP contribution in [0.25, 0.3) is 10.9 Å². The molecule has 2 aromatic carbocycles. The number of methoxy groups -OCH3 is 1. The number of nitrogens with two attached hydrogens (primary N) is 1. The molecule has 3 rings (SSSR count). The molecular formula is C22H25ClN2O4S. The molecule has 0 saturated heterocycles. The van der Waals surface area contributed by atoms with Crippen LogP contribution >= 0.6 is 11.6 Å². The number of fused-ring (bicyclic) bond motifs is 1. The van der Waals surface area contributed by atoms with Gasteiger partial charge in [0.2, 0.25) is 0 Å². The van der Waals surface area contributed by atoms with E-state index in [0.717, 1.165) is 22.9 Å². The van der Waals surface area contributed by atoms with Gasteiger partial charge in [0, 0.05) is 17.3 Å². The third kappa shape index (κ3) is 5.70. The average molecular weight is 449 g/mol. The lowest BCUT2D eigenvalue weighted by Crippen LogP contribution is -2.14. The lowest BCUT2D eigenvalue weighted by molar-refractivity contribution is -0.137. The van der Waals surface area contributed by atoms with E-state index in [2.05, 4.69) is 11.7 Å². The molecule has 0 fully saturated rings. The maximum Gasteiger partial charge on any atom is 0.318 e. The summed E-state index contributed by atoms with van der Waals surface area (Å²) in [5, 5.41) is 1.51. The van der Waals surface area contributed by atoms with Crippen molar-refractivity contribution in [1.82, 2.24) is 4.57 Å². The van der Waals surface area contributed by atoms with Gasteiger partial charge in [-0.1, -0.05) is 30.7 Å². The average Bonchev–Trinajstić information content (AvgIpc) is 3.05. The fourth-order valence-electron chi connectivity index (χ4n) is 2.88. The fraction of sp³-hybridized carbons (Fsp3) is 0.273. The third-order valence-corrected chi connectivity index (χ3v) is 6.19. The molecule has 30 heavy (non-hydrogen) atoms. The second-order valence-electron chi connectivity index (χ2n) is 6.70. The number of carbonyl (C=O) groups is 2. The number of halogens is 1. The van der Waals surface area contributed by atoms with Gasteiger partial charge < -0.3 is 15.0 Å². The topological polar surface area (TPSA) is 91.4 Å². The summed E-state index contributed by atoms with van der Waals surface area (Å²) in [4.78, 5) is 22.7. The Morgan fingerprint density at radius 2 is 1.80 bits per heavy atom. The first-order chi connectivity index (χ1) is 14.2. The van der Waals surface area contributed by atoms with Crippen LogP contribution in [-0.4, -0.2) is 33.5 Å². The molecule has 0 bridgehead atoms. The molecule has 0 radical (unpaired) electrons. The number of hydrogen-bond donors (Lipinski definition) is 1. The molecule has 160 valence electrons. The highest BCUT2D eigenvalue weighted by molar-refractivity contribution is 7.85. The van der Waals surface area contributed by atoms with E-state index in [0.29, 0.717) is 15.6 Å². The largest absolute Gasteiger partial charge is 0.468 e. The molecule has 1 aromatic heterocycles. The first-order valence-electron chi connectivity index (χ1n) is 9.27. The molecule has 0 saturated carbocycles. The summed E-state index contributed by atoms with van der Waals surface area (Å²) in [6.07, 6.45) is 0.948. The second kappa shape index (κ2) is 10.4. The highest BCUT2D eigenvalue weighted by Crippen LogP contribution is 2.27. The van der Waals surface area contributed by atoms with Crippen LogP contribution in [0.4, 0.5) is 0 Å². The number of hydrogen-bond acceptors (Lipinski definition) is 4. The van der Waals surface area contributed by atoms with Gasteiger partial charge in [-0.15, -0.1) is 0 Å². The van der Waals surface area contributed by atoms with Crippen molar-refractivity contribution in [3.8, 4) is 0 Å². The summed E-state index contributed by atoms with van der Waals surface area (Å²) in [7, 11) is 1.80. The van der Waals surface area contributed by atoms with Crippen molar-refractivity contribution in [3.05, 3.63) is 64.3 Å². The highest BCUT2D eigenvalue weighted by atomic mass is 35.5. The lowest BCUT2D eigenvalue weighted by atomic mass is 10.2. The summed E-state index contributed by atoms with van der Waals surface area (Å²) in [5.74, 6) is -0.975. The normalized spacial score (nSPS) is 11.5. The lowest BCUT2D eigenvalue weighted by Gasteiger charge is -2.02. The number of rotatable bonds is 5. The molecule has 1 amide bonds. The molecule has 1 unspecified atom stereocenters. The molecule has 8 heteroatoms. The first-order valence-corrected chi connectivity index (χ1v) is 11.0. The Bertz CT molecular complexity index is 1090. The zero-order valence-electron chi connectivity index (χ0n) is 17.4. The number of aryl methyl sites for hydroxylation is 3. The highest BCUT2D eigenvalue weighted by Gasteiger charge is 2.12. The maximum atomic E-state index is 11.6. The van der Waals surface area contributed by atoms with Gasteiger partial charge in [0.05, 0.1) is 28.4 Å². The zero-order valence-corrected chi connectivity index (χ0v) is 19.0. The Kier molecular flexibility index (Phi) is 8.20. The molecule has 6 nitrogen and oxygen atoms in total. The Morgan fingerprint density at radius 1 is 1.17 bits per heavy atom. The van der Waals surface area contributed by atoms with Crippen LogP contribution in [0.5, 0.6) is 0 Å². The van der Waals surface area contributed by atoms with Crippen molar-refractivity contribution in [1.29, 1.82) is 0 Å². The summed E-state index contributed by atoms with van der Waals surface area (Å²) in [6.45, 7) is 4.02. The number of benzene rings is 2. The van der Waals surface area contributed by atoms with E-state index in [-0.39, 0.29) is 5.75 Å². The predicted octanol–water partition coefficient (Wildman–Crippen LogP) is 3.77. The third-order valence-electron chi connectivity index (χ3n) is 4.58. The molecule has 0 spiro atoms. The van der Waals surface area contributed by atoms with Gasteiger partial charge in [0.1, 0.15) is 11.4 Å². The standard InChI is InChI=1S/C11H11ClN2O.C11H14O3S/c1-6-3-8(12)7-5-10(11(13)15)14(2)9(7)4-6;1-3-9-4-6-10(7-5-9)15(13)8-11(12)14-2/h3-5H,1-2H3,(H2,13,15);4-7H,3,8H2,1-2H3. The van der Waals surface area contributed by atoms with Gasteiger partial charge in [0.15, 0.2) is 0 Å². The first kappa shape index (κ1) is 23.6. The van der Waals surface area contributed by atoms with E-state index in [1.807, 2.05) is 31.2 Å². The number of esters is 1. The smallest absolute Gasteiger partial charge is 0.318 e. The molecule has 0 aliphatic carbocycles. The van der Waals surface area contributed by atoms with Gasteiger partial charge in [-0.2, -0.15) is 0 Å². The fourth-order valence-corrected chi connectivity index (χ4v) is 4.14. The Hall–Kier alpha value is -2.64. The number of aromatic nitrogens is 1. The van der Waals surface area contributed by atoms with Gasteiger partial charge in [-0.25, -0.2) is 0 Å². The molecule has 0 aliphatic heterocycles. The van der Waals surface area contributed by atoms with Crippen LogP contribution in [0.15, 0.2) is 47.4 Å². The van der Waals surface area contributed by atoms with E-state index >= 15 is 0 Å². The van der Waals surface area contributed by atoms with Gasteiger partial charge in [0.25, 0.3) is 5.91 Å². The minimum Gasteiger partial charge on any atom is -0.468 e. The number of nitrogens with zero attached hydrogens (tertiary/aromatic N) is 1. The molecule has 0 aliphatic rings. The Balaban J connectivity index is 0.000000214. The zero-order chi connectivity index (χ0) is 22.4. The van der Waals surface area contributed by atoms with Crippen molar-refractivity contribution in [3.63, 3.8) is 0 Å². The van der Waals surface area contributed by atoms with Gasteiger partial charge in [-0.05, 0) is 54.8 Å². The van der Waals surface area contributed by atoms with Crippen LogP contribution < -0.4 is 5.73 Å². The van der Waals surface area contributed by atoms with E-state index in [1.54, 1.807) is 29.8 Å². The molecular weight excluding hydrogens is 424 g/mol. The Morgan fingerprint density at radius 3 is 2.33 bits per heavy atom. The number of carbonyl (C=O) groups excluding carboxylic acids is 2. The van der Waals surface area contributed by atoms with Crippen LogP contribution in [-0.2, 0) is 33.8 Å².